The average molecular weight is 519 g/mol. The number of carbonyl (C=O) groups is 2. The second kappa shape index (κ2) is 10.2. The van der Waals surface area contributed by atoms with E-state index in [2.05, 4.69) is 20.4 Å². The summed E-state index contributed by atoms with van der Waals surface area (Å²) < 4.78 is 27.5. The van der Waals surface area contributed by atoms with Crippen molar-refractivity contribution in [3.63, 3.8) is 0 Å². The number of piperidine rings is 1. The van der Waals surface area contributed by atoms with Crippen LogP contribution in [0.2, 0.25) is 0 Å². The normalized spacial score (nSPS) is 14.6. The Balaban J connectivity index is 1.57. The molecule has 0 aliphatic carbocycles. The number of benzene rings is 3. The van der Waals surface area contributed by atoms with Gasteiger partial charge in [-0.15, -0.1) is 0 Å². The van der Waals surface area contributed by atoms with Gasteiger partial charge in [-0.1, -0.05) is 6.07 Å². The average Bonchev–Trinajstić information content (AvgIpc) is 3.27. The number of nitrogens with two attached hydrogens (primary N) is 2. The molecular formula is C28H28F2N6O2. The van der Waals surface area contributed by atoms with Crippen LogP contribution in [-0.2, 0) is 6.42 Å². The quantitative estimate of drug-likeness (QED) is 0.290. The largest absolute Gasteiger partial charge is 0.398 e. The second-order valence-electron chi connectivity index (χ2n) is 9.77. The first-order valence-electron chi connectivity index (χ1n) is 12.3. The van der Waals surface area contributed by atoms with Gasteiger partial charge < -0.3 is 21.7 Å². The number of fused-ring (bicyclic) bond motifs is 1. The van der Waals surface area contributed by atoms with Gasteiger partial charge in [0.25, 0.3) is 11.8 Å². The van der Waals surface area contributed by atoms with Gasteiger partial charge in [0.1, 0.15) is 17.3 Å². The number of amides is 2. The van der Waals surface area contributed by atoms with E-state index < -0.39 is 17.5 Å². The van der Waals surface area contributed by atoms with Crippen LogP contribution in [0.15, 0.2) is 48.5 Å². The summed E-state index contributed by atoms with van der Waals surface area (Å²) in [4.78, 5) is 27.7. The van der Waals surface area contributed by atoms with Crippen molar-refractivity contribution in [3.8, 4) is 11.3 Å². The van der Waals surface area contributed by atoms with Crippen molar-refractivity contribution in [2.24, 2.45) is 5.73 Å². The molecule has 5 rings (SSSR count). The van der Waals surface area contributed by atoms with Gasteiger partial charge in [-0.3, -0.25) is 14.7 Å². The van der Waals surface area contributed by atoms with Crippen LogP contribution in [0.5, 0.6) is 0 Å². The fourth-order valence-electron chi connectivity index (χ4n) is 5.01. The molecule has 10 heteroatoms. The third kappa shape index (κ3) is 5.08. The molecule has 1 aliphatic rings. The van der Waals surface area contributed by atoms with E-state index in [9.17, 15) is 18.4 Å². The lowest BCUT2D eigenvalue weighted by atomic mass is 9.94. The van der Waals surface area contributed by atoms with E-state index in [0.717, 1.165) is 37.6 Å². The highest BCUT2D eigenvalue weighted by molar-refractivity contribution is 6.11. The molecule has 1 saturated heterocycles. The molecule has 0 saturated carbocycles. The highest BCUT2D eigenvalue weighted by Gasteiger charge is 2.26. The smallest absolute Gasteiger partial charge is 0.252 e. The first kappa shape index (κ1) is 25.3. The van der Waals surface area contributed by atoms with Crippen molar-refractivity contribution < 1.29 is 18.4 Å². The standard InChI is InChI=1S/C28H28F2N6O2/c1-36-8-6-19(7-9-36)33-28(38)20-3-4-21(27(32)37)25(31)24(20)26-22-13-15(2-5-23(22)34-35-26)10-16-11-17(29)14-18(30)12-16/h2-5,11-14,19H,6-10,31H2,1H3,(H2,32,37)(H,33,38)(H,34,35). The Morgan fingerprint density at radius 3 is 2.39 bits per heavy atom. The maximum absolute atomic E-state index is 13.7. The van der Waals surface area contributed by atoms with Gasteiger partial charge in [0, 0.05) is 23.1 Å². The number of rotatable bonds is 6. The SMILES string of the molecule is CN1CCC(NC(=O)c2ccc(C(N)=O)c(N)c2-c2n[nH]c3ccc(Cc4cc(F)cc(F)c4)cc23)CC1. The summed E-state index contributed by atoms with van der Waals surface area (Å²) in [5.41, 5.74) is 15.0. The van der Waals surface area contributed by atoms with Crippen LogP contribution in [0.25, 0.3) is 22.2 Å². The number of anilines is 1. The highest BCUT2D eigenvalue weighted by atomic mass is 19.1. The molecule has 196 valence electrons. The lowest BCUT2D eigenvalue weighted by Crippen LogP contribution is -2.43. The number of H-pyrrole nitrogens is 1. The minimum absolute atomic E-state index is 0.0118. The number of nitrogen functional groups attached to an aromatic ring is 1. The number of carbonyl (C=O) groups excluding carboxylic acids is 2. The van der Waals surface area contributed by atoms with Crippen molar-refractivity contribution in [1.82, 2.24) is 20.4 Å². The number of hydrogen-bond donors (Lipinski definition) is 4. The Kier molecular flexibility index (Phi) is 6.81. The molecule has 0 bridgehead atoms. The Morgan fingerprint density at radius 1 is 1.03 bits per heavy atom. The number of nitrogens with one attached hydrogen (secondary N) is 2. The van der Waals surface area contributed by atoms with Gasteiger partial charge >= 0.3 is 0 Å². The zero-order valence-corrected chi connectivity index (χ0v) is 20.9. The molecule has 2 amide bonds. The number of nitrogens with zero attached hydrogens (tertiary/aromatic N) is 2. The molecular weight excluding hydrogens is 490 g/mol. The van der Waals surface area contributed by atoms with Crippen LogP contribution in [0.1, 0.15) is 44.7 Å². The zero-order chi connectivity index (χ0) is 27.0. The molecule has 38 heavy (non-hydrogen) atoms. The molecule has 4 aromatic rings. The number of likely N-dealkylation sites (tertiary alicyclic amines) is 1. The summed E-state index contributed by atoms with van der Waals surface area (Å²) in [5.74, 6) is -2.35. The van der Waals surface area contributed by atoms with Gasteiger partial charge in [0.2, 0.25) is 0 Å². The number of hydrogen-bond acceptors (Lipinski definition) is 5. The molecule has 6 N–H and O–H groups in total. The van der Waals surface area contributed by atoms with Gasteiger partial charge in [-0.2, -0.15) is 5.10 Å². The van der Waals surface area contributed by atoms with E-state index in [-0.39, 0.29) is 35.2 Å². The minimum Gasteiger partial charge on any atom is -0.398 e. The third-order valence-corrected chi connectivity index (χ3v) is 7.00. The van der Waals surface area contributed by atoms with Crippen molar-refractivity contribution in [1.29, 1.82) is 0 Å². The fourth-order valence-corrected chi connectivity index (χ4v) is 5.01. The van der Waals surface area contributed by atoms with Crippen LogP contribution in [0.4, 0.5) is 14.5 Å². The summed E-state index contributed by atoms with van der Waals surface area (Å²) in [6.07, 6.45) is 1.92. The Labute approximate surface area is 218 Å². The van der Waals surface area contributed by atoms with Gasteiger partial charge in [0.05, 0.1) is 22.3 Å². The topological polar surface area (TPSA) is 130 Å². The number of aromatic amines is 1. The summed E-state index contributed by atoms with van der Waals surface area (Å²) in [7, 11) is 2.04. The van der Waals surface area contributed by atoms with E-state index in [4.69, 9.17) is 11.5 Å². The van der Waals surface area contributed by atoms with Crippen LogP contribution >= 0.6 is 0 Å². The van der Waals surface area contributed by atoms with Gasteiger partial charge in [0.15, 0.2) is 0 Å². The molecule has 0 atom stereocenters. The highest BCUT2D eigenvalue weighted by Crippen LogP contribution is 2.36. The van der Waals surface area contributed by atoms with Gasteiger partial charge in [-0.25, -0.2) is 8.78 Å². The summed E-state index contributed by atoms with van der Waals surface area (Å²) in [5, 5.41) is 11.1. The van der Waals surface area contributed by atoms with Crippen molar-refractivity contribution in [2.45, 2.75) is 25.3 Å². The number of primary amides is 1. The molecule has 0 unspecified atom stereocenters. The summed E-state index contributed by atoms with van der Waals surface area (Å²) in [6.45, 7) is 1.76. The molecule has 0 spiro atoms. The molecule has 2 heterocycles. The van der Waals surface area contributed by atoms with Crippen LogP contribution in [0.3, 0.4) is 0 Å². The Hall–Kier alpha value is -4.31. The van der Waals surface area contributed by atoms with Crippen LogP contribution in [-0.4, -0.2) is 53.1 Å². The predicted molar refractivity (Wildman–Crippen MR) is 142 cm³/mol. The Bertz CT molecular complexity index is 1520. The van der Waals surface area contributed by atoms with Gasteiger partial charge in [-0.05, 0) is 86.9 Å². The maximum atomic E-state index is 13.7. The maximum Gasteiger partial charge on any atom is 0.252 e. The minimum atomic E-state index is -0.723. The predicted octanol–water partition coefficient (Wildman–Crippen LogP) is 3.60. The van der Waals surface area contributed by atoms with Crippen LogP contribution < -0.4 is 16.8 Å². The van der Waals surface area contributed by atoms with Crippen molar-refractivity contribution in [2.75, 3.05) is 25.9 Å². The zero-order valence-electron chi connectivity index (χ0n) is 20.9. The lowest BCUT2D eigenvalue weighted by molar-refractivity contribution is 0.0916. The number of aromatic nitrogens is 2. The molecule has 0 radical (unpaired) electrons. The monoisotopic (exact) mass is 518 g/mol. The van der Waals surface area contributed by atoms with E-state index >= 15 is 0 Å². The molecule has 8 nitrogen and oxygen atoms in total. The summed E-state index contributed by atoms with van der Waals surface area (Å²) in [6, 6.07) is 11.8. The van der Waals surface area contributed by atoms with Crippen molar-refractivity contribution >= 4 is 28.4 Å². The first-order chi connectivity index (χ1) is 18.2. The second-order valence-corrected chi connectivity index (χ2v) is 9.77. The van der Waals surface area contributed by atoms with E-state index in [1.54, 1.807) is 6.07 Å². The Morgan fingerprint density at radius 2 is 1.71 bits per heavy atom. The first-order valence-corrected chi connectivity index (χ1v) is 12.3. The molecule has 1 fully saturated rings. The van der Waals surface area contributed by atoms with E-state index in [1.165, 1.54) is 24.3 Å². The molecule has 1 aliphatic heterocycles. The molecule has 3 aromatic carbocycles. The van der Waals surface area contributed by atoms with E-state index in [0.29, 0.717) is 27.7 Å². The van der Waals surface area contributed by atoms with Crippen LogP contribution in [0, 0.1) is 11.6 Å². The number of halogens is 2. The molecule has 1 aromatic heterocycles. The van der Waals surface area contributed by atoms with E-state index in [1.807, 2.05) is 19.2 Å². The fraction of sp³-hybridized carbons (Fsp3) is 0.250. The summed E-state index contributed by atoms with van der Waals surface area (Å²) >= 11 is 0. The van der Waals surface area contributed by atoms with Crippen molar-refractivity contribution in [3.05, 3.63) is 82.4 Å². The lowest BCUT2D eigenvalue weighted by Gasteiger charge is -2.29. The third-order valence-electron chi connectivity index (χ3n) is 7.00.